The number of aromatic hydroxyl groups is 4. The van der Waals surface area contributed by atoms with E-state index in [2.05, 4.69) is 0 Å². The first-order valence-corrected chi connectivity index (χ1v) is 9.71. The van der Waals surface area contributed by atoms with Crippen molar-refractivity contribution in [1.29, 1.82) is 0 Å². The maximum absolute atomic E-state index is 12.8. The molecule has 4 atom stereocenters. The molecule has 0 saturated heterocycles. The van der Waals surface area contributed by atoms with E-state index < -0.39 is 35.6 Å². The Labute approximate surface area is 177 Å². The van der Waals surface area contributed by atoms with Crippen LogP contribution in [-0.2, 0) is 16.0 Å². The SMILES string of the molecule is O=C(OC1Cc2c(O)cc(O)cc2OC1c1ccc(O)c(O)c1)C1(O)C=CCCC1O. The summed E-state index contributed by atoms with van der Waals surface area (Å²) in [4.78, 5) is 12.8. The van der Waals surface area contributed by atoms with E-state index in [1.54, 1.807) is 6.08 Å². The van der Waals surface area contributed by atoms with Crippen molar-refractivity contribution < 1.29 is 44.9 Å². The fraction of sp³-hybridized carbons (Fsp3) is 0.318. The smallest absolute Gasteiger partial charge is 0.345 e. The van der Waals surface area contributed by atoms with E-state index >= 15 is 0 Å². The first-order valence-electron chi connectivity index (χ1n) is 9.71. The lowest BCUT2D eigenvalue weighted by atomic mass is 9.87. The number of rotatable bonds is 3. The van der Waals surface area contributed by atoms with Crippen LogP contribution in [-0.4, -0.2) is 54.4 Å². The van der Waals surface area contributed by atoms with Crippen LogP contribution in [0.4, 0.5) is 0 Å². The summed E-state index contributed by atoms with van der Waals surface area (Å²) in [6, 6.07) is 6.34. The van der Waals surface area contributed by atoms with Crippen LogP contribution in [0.25, 0.3) is 0 Å². The molecular formula is C22H22O9. The molecule has 2 aliphatic rings. The van der Waals surface area contributed by atoms with Crippen molar-refractivity contribution >= 4 is 5.97 Å². The average molecular weight is 430 g/mol. The largest absolute Gasteiger partial charge is 0.508 e. The lowest BCUT2D eigenvalue weighted by Gasteiger charge is -2.37. The lowest BCUT2D eigenvalue weighted by molar-refractivity contribution is -0.182. The van der Waals surface area contributed by atoms with Crippen molar-refractivity contribution in [2.45, 2.75) is 43.2 Å². The van der Waals surface area contributed by atoms with Crippen LogP contribution in [0.1, 0.15) is 30.1 Å². The number of allylic oxidation sites excluding steroid dienone is 1. The topological polar surface area (TPSA) is 157 Å². The number of carbonyl (C=O) groups excluding carboxylic acids is 1. The number of phenols is 4. The molecular weight excluding hydrogens is 408 g/mol. The summed E-state index contributed by atoms with van der Waals surface area (Å²) in [5.41, 5.74) is -1.60. The Morgan fingerprint density at radius 2 is 1.84 bits per heavy atom. The fourth-order valence-electron chi connectivity index (χ4n) is 3.84. The number of aliphatic hydroxyl groups is 2. The van der Waals surface area contributed by atoms with E-state index in [1.807, 2.05) is 0 Å². The van der Waals surface area contributed by atoms with Gasteiger partial charge in [0.05, 0.1) is 6.10 Å². The Kier molecular flexibility index (Phi) is 5.16. The molecule has 31 heavy (non-hydrogen) atoms. The molecule has 0 aromatic heterocycles. The molecule has 2 aromatic carbocycles. The summed E-state index contributed by atoms with van der Waals surface area (Å²) in [7, 11) is 0. The molecule has 4 rings (SSSR count). The molecule has 9 heteroatoms. The molecule has 164 valence electrons. The Hall–Kier alpha value is -3.43. The highest BCUT2D eigenvalue weighted by Gasteiger charge is 2.46. The molecule has 9 nitrogen and oxygen atoms in total. The van der Waals surface area contributed by atoms with Gasteiger partial charge in [-0.15, -0.1) is 0 Å². The minimum atomic E-state index is -2.23. The Morgan fingerprint density at radius 1 is 1.06 bits per heavy atom. The van der Waals surface area contributed by atoms with Crippen LogP contribution >= 0.6 is 0 Å². The molecule has 0 spiro atoms. The van der Waals surface area contributed by atoms with E-state index in [-0.39, 0.29) is 41.4 Å². The minimum Gasteiger partial charge on any atom is -0.508 e. The average Bonchev–Trinajstić information content (AvgIpc) is 2.72. The number of benzene rings is 2. The van der Waals surface area contributed by atoms with Crippen LogP contribution in [0.15, 0.2) is 42.5 Å². The fourth-order valence-corrected chi connectivity index (χ4v) is 3.84. The van der Waals surface area contributed by atoms with E-state index in [0.717, 1.165) is 6.07 Å². The quantitative estimate of drug-likeness (QED) is 0.241. The Morgan fingerprint density at radius 3 is 2.55 bits per heavy atom. The molecule has 0 amide bonds. The standard InChI is InChI=1S/C22H22O9/c23-12-8-15(25)13-10-18(31-21(28)22(29)6-2-1-3-19(22)27)20(30-17(13)9-12)11-4-5-14(24)16(26)7-11/h2,4-9,18-20,23-27,29H,1,3,10H2. The summed E-state index contributed by atoms with van der Waals surface area (Å²) in [6.45, 7) is 0. The third kappa shape index (κ3) is 3.73. The van der Waals surface area contributed by atoms with Gasteiger partial charge in [0.15, 0.2) is 17.6 Å². The molecule has 0 saturated carbocycles. The number of ether oxygens (including phenoxy) is 2. The second kappa shape index (κ2) is 7.68. The number of hydrogen-bond donors (Lipinski definition) is 6. The zero-order valence-corrected chi connectivity index (χ0v) is 16.3. The van der Waals surface area contributed by atoms with Gasteiger partial charge in [0.2, 0.25) is 5.60 Å². The molecule has 1 aliphatic heterocycles. The zero-order valence-electron chi connectivity index (χ0n) is 16.3. The highest BCUT2D eigenvalue weighted by molar-refractivity contribution is 5.83. The van der Waals surface area contributed by atoms with Gasteiger partial charge >= 0.3 is 5.97 Å². The van der Waals surface area contributed by atoms with Crippen LogP contribution in [0.5, 0.6) is 28.7 Å². The van der Waals surface area contributed by atoms with E-state index in [4.69, 9.17) is 9.47 Å². The monoisotopic (exact) mass is 430 g/mol. The molecule has 4 unspecified atom stereocenters. The van der Waals surface area contributed by atoms with Crippen molar-refractivity contribution in [1.82, 2.24) is 0 Å². The predicted molar refractivity (Wildman–Crippen MR) is 106 cm³/mol. The predicted octanol–water partition coefficient (Wildman–Crippen LogP) is 1.54. The van der Waals surface area contributed by atoms with E-state index in [1.165, 1.54) is 30.3 Å². The highest BCUT2D eigenvalue weighted by Crippen LogP contribution is 2.44. The normalized spacial score (nSPS) is 27.2. The summed E-state index contributed by atoms with van der Waals surface area (Å²) >= 11 is 0. The Bertz CT molecular complexity index is 1050. The number of carbonyl (C=O) groups is 1. The summed E-state index contributed by atoms with van der Waals surface area (Å²) in [5, 5.41) is 60.3. The van der Waals surface area contributed by atoms with Gasteiger partial charge in [-0.05, 0) is 31.1 Å². The third-order valence-corrected chi connectivity index (χ3v) is 5.57. The highest BCUT2D eigenvalue weighted by atomic mass is 16.6. The molecule has 2 aromatic rings. The van der Waals surface area contributed by atoms with Gasteiger partial charge in [-0.25, -0.2) is 4.79 Å². The summed E-state index contributed by atoms with van der Waals surface area (Å²) in [5.74, 6) is -2.20. The van der Waals surface area contributed by atoms with Crippen molar-refractivity contribution in [3.8, 4) is 28.7 Å². The Balaban J connectivity index is 1.71. The van der Waals surface area contributed by atoms with Crippen molar-refractivity contribution in [3.05, 3.63) is 53.6 Å². The van der Waals surface area contributed by atoms with Crippen LogP contribution in [0.3, 0.4) is 0 Å². The number of esters is 1. The maximum Gasteiger partial charge on any atom is 0.345 e. The maximum atomic E-state index is 12.8. The van der Waals surface area contributed by atoms with Crippen molar-refractivity contribution in [2.75, 3.05) is 0 Å². The van der Waals surface area contributed by atoms with Gasteiger partial charge in [0.1, 0.15) is 23.4 Å². The first-order chi connectivity index (χ1) is 14.7. The number of phenolic OH excluding ortho intramolecular Hbond substituents is 4. The van der Waals surface area contributed by atoms with Crippen LogP contribution in [0, 0.1) is 0 Å². The number of fused-ring (bicyclic) bond motifs is 1. The van der Waals surface area contributed by atoms with Crippen molar-refractivity contribution in [2.24, 2.45) is 0 Å². The molecule has 0 radical (unpaired) electrons. The van der Waals surface area contributed by atoms with Gasteiger partial charge in [0, 0.05) is 29.7 Å². The molecule has 1 aliphatic carbocycles. The third-order valence-electron chi connectivity index (χ3n) is 5.57. The summed E-state index contributed by atoms with van der Waals surface area (Å²) < 4.78 is 11.4. The number of hydrogen-bond acceptors (Lipinski definition) is 9. The molecule has 6 N–H and O–H groups in total. The van der Waals surface area contributed by atoms with Gasteiger partial charge in [-0.2, -0.15) is 0 Å². The zero-order chi connectivity index (χ0) is 22.3. The second-order valence-corrected chi connectivity index (χ2v) is 7.70. The van der Waals surface area contributed by atoms with Crippen LogP contribution < -0.4 is 4.74 Å². The van der Waals surface area contributed by atoms with Gasteiger partial charge in [-0.3, -0.25) is 0 Å². The van der Waals surface area contributed by atoms with E-state index in [9.17, 15) is 35.4 Å². The summed E-state index contributed by atoms with van der Waals surface area (Å²) in [6.07, 6.45) is 0.00923. The minimum absolute atomic E-state index is 0.0324. The van der Waals surface area contributed by atoms with Gasteiger partial charge in [-0.1, -0.05) is 12.1 Å². The van der Waals surface area contributed by atoms with Gasteiger partial charge < -0.3 is 40.1 Å². The second-order valence-electron chi connectivity index (χ2n) is 7.70. The van der Waals surface area contributed by atoms with E-state index in [0.29, 0.717) is 12.0 Å². The lowest BCUT2D eigenvalue weighted by Crippen LogP contribution is -2.52. The van der Waals surface area contributed by atoms with Crippen molar-refractivity contribution in [3.63, 3.8) is 0 Å². The van der Waals surface area contributed by atoms with Gasteiger partial charge in [0.25, 0.3) is 0 Å². The first kappa shape index (κ1) is 20.8. The number of aliphatic hydroxyl groups excluding tert-OH is 1. The molecule has 0 fully saturated rings. The molecule has 1 heterocycles. The van der Waals surface area contributed by atoms with Crippen LogP contribution in [0.2, 0.25) is 0 Å². The molecule has 0 bridgehead atoms.